The highest BCUT2D eigenvalue weighted by atomic mass is 16.1. The SMILES string of the molecule is CC1=CCC[C@H]2C(=O)CCCCC[C@@H]12. The Morgan fingerprint density at radius 2 is 2.00 bits per heavy atom. The molecule has 2 rings (SSSR count). The zero-order valence-corrected chi connectivity index (χ0v) is 9.09. The Bertz CT molecular complexity index is 252. The fourth-order valence-corrected chi connectivity index (χ4v) is 3.00. The Morgan fingerprint density at radius 3 is 2.86 bits per heavy atom. The van der Waals surface area contributed by atoms with Crippen LogP contribution in [0.3, 0.4) is 0 Å². The van der Waals surface area contributed by atoms with E-state index in [-0.39, 0.29) is 0 Å². The van der Waals surface area contributed by atoms with Gasteiger partial charge in [0, 0.05) is 12.3 Å². The van der Waals surface area contributed by atoms with E-state index in [0.29, 0.717) is 17.6 Å². The topological polar surface area (TPSA) is 17.1 Å². The van der Waals surface area contributed by atoms with Crippen LogP contribution in [0.2, 0.25) is 0 Å². The van der Waals surface area contributed by atoms with Gasteiger partial charge in [0.2, 0.25) is 0 Å². The van der Waals surface area contributed by atoms with E-state index < -0.39 is 0 Å². The lowest BCUT2D eigenvalue weighted by molar-refractivity contribution is -0.125. The van der Waals surface area contributed by atoms with E-state index in [1.807, 2.05) is 0 Å². The summed E-state index contributed by atoms with van der Waals surface area (Å²) in [5.74, 6) is 1.51. The molecule has 0 bridgehead atoms. The molecule has 0 spiro atoms. The van der Waals surface area contributed by atoms with Crippen molar-refractivity contribution in [1.82, 2.24) is 0 Å². The van der Waals surface area contributed by atoms with E-state index in [1.54, 1.807) is 0 Å². The number of fused-ring (bicyclic) bond motifs is 1. The van der Waals surface area contributed by atoms with Crippen LogP contribution in [0.25, 0.3) is 0 Å². The molecule has 1 fully saturated rings. The van der Waals surface area contributed by atoms with Crippen molar-refractivity contribution in [3.05, 3.63) is 11.6 Å². The second-order valence-electron chi connectivity index (χ2n) is 4.80. The minimum absolute atomic E-state index is 0.375. The molecule has 1 heteroatoms. The molecule has 0 aromatic carbocycles. The van der Waals surface area contributed by atoms with Crippen molar-refractivity contribution in [2.45, 2.75) is 51.9 Å². The predicted octanol–water partition coefficient (Wildman–Crippen LogP) is 3.49. The maximum Gasteiger partial charge on any atom is 0.136 e. The second kappa shape index (κ2) is 4.29. The number of allylic oxidation sites excluding steroid dienone is 2. The third-order valence-corrected chi connectivity index (χ3v) is 3.87. The summed E-state index contributed by atoms with van der Waals surface area (Å²) in [4.78, 5) is 11.9. The van der Waals surface area contributed by atoms with Gasteiger partial charge >= 0.3 is 0 Å². The van der Waals surface area contributed by atoms with E-state index >= 15 is 0 Å². The molecule has 1 nitrogen and oxygen atoms in total. The van der Waals surface area contributed by atoms with Gasteiger partial charge in [0.05, 0.1) is 0 Å². The van der Waals surface area contributed by atoms with Crippen molar-refractivity contribution in [3.63, 3.8) is 0 Å². The molecule has 0 saturated heterocycles. The molecule has 0 unspecified atom stereocenters. The van der Waals surface area contributed by atoms with Gasteiger partial charge in [0.1, 0.15) is 5.78 Å². The summed E-state index contributed by atoms with van der Waals surface area (Å²) in [5.41, 5.74) is 1.48. The maximum absolute atomic E-state index is 11.9. The van der Waals surface area contributed by atoms with Gasteiger partial charge in [0.25, 0.3) is 0 Å². The van der Waals surface area contributed by atoms with Crippen molar-refractivity contribution >= 4 is 5.78 Å². The van der Waals surface area contributed by atoms with Gasteiger partial charge in [-0.1, -0.05) is 24.5 Å². The minimum Gasteiger partial charge on any atom is -0.299 e. The number of Topliss-reactive ketones (excluding diaryl/α,β-unsaturated/α-hetero) is 1. The molecule has 0 aliphatic heterocycles. The average Bonchev–Trinajstić information content (AvgIpc) is 2.16. The first-order valence-corrected chi connectivity index (χ1v) is 5.98. The number of hydrogen-bond acceptors (Lipinski definition) is 1. The predicted molar refractivity (Wildman–Crippen MR) is 58.1 cm³/mol. The fraction of sp³-hybridized carbons (Fsp3) is 0.769. The summed E-state index contributed by atoms with van der Waals surface area (Å²) in [5, 5.41) is 0. The summed E-state index contributed by atoms with van der Waals surface area (Å²) in [6.45, 7) is 2.21. The van der Waals surface area contributed by atoms with Gasteiger partial charge in [-0.15, -0.1) is 0 Å². The van der Waals surface area contributed by atoms with E-state index in [4.69, 9.17) is 0 Å². The Balaban J connectivity index is 2.16. The van der Waals surface area contributed by atoms with Gasteiger partial charge < -0.3 is 0 Å². The standard InChI is InChI=1S/C13H20O/c1-10-6-5-8-12-11(10)7-3-2-4-9-13(12)14/h6,11-12H,2-5,7-9H2,1H3/t11-,12+/m0/s1. The quantitative estimate of drug-likeness (QED) is 0.537. The van der Waals surface area contributed by atoms with E-state index in [0.717, 1.165) is 25.7 Å². The molecule has 0 amide bonds. The highest BCUT2D eigenvalue weighted by Gasteiger charge is 2.31. The Labute approximate surface area is 86.6 Å². The summed E-state index contributed by atoms with van der Waals surface area (Å²) >= 11 is 0. The zero-order chi connectivity index (χ0) is 9.97. The molecule has 0 aromatic rings. The monoisotopic (exact) mass is 192 g/mol. The highest BCUT2D eigenvalue weighted by Crippen LogP contribution is 2.37. The molecule has 2 atom stereocenters. The van der Waals surface area contributed by atoms with E-state index in [1.165, 1.54) is 24.8 Å². The number of carbonyl (C=O) groups is 1. The minimum atomic E-state index is 0.375. The van der Waals surface area contributed by atoms with Crippen molar-refractivity contribution in [3.8, 4) is 0 Å². The Hall–Kier alpha value is -0.590. The Kier molecular flexibility index (Phi) is 3.05. The molecule has 0 radical (unpaired) electrons. The van der Waals surface area contributed by atoms with Crippen molar-refractivity contribution < 1.29 is 4.79 Å². The van der Waals surface area contributed by atoms with Crippen LogP contribution in [0.4, 0.5) is 0 Å². The molecule has 14 heavy (non-hydrogen) atoms. The summed E-state index contributed by atoms with van der Waals surface area (Å²) in [7, 11) is 0. The molecule has 78 valence electrons. The molecule has 0 N–H and O–H groups in total. The molecule has 0 heterocycles. The van der Waals surface area contributed by atoms with Crippen LogP contribution in [-0.2, 0) is 4.79 Å². The fourth-order valence-electron chi connectivity index (χ4n) is 3.00. The van der Waals surface area contributed by atoms with Gasteiger partial charge in [-0.2, -0.15) is 0 Å². The highest BCUT2D eigenvalue weighted by molar-refractivity contribution is 5.81. The number of hydrogen-bond donors (Lipinski definition) is 0. The van der Waals surface area contributed by atoms with Crippen LogP contribution in [0.1, 0.15) is 51.9 Å². The first kappa shape index (κ1) is 9.95. The second-order valence-corrected chi connectivity index (χ2v) is 4.80. The van der Waals surface area contributed by atoms with Crippen molar-refractivity contribution in [2.75, 3.05) is 0 Å². The molecular formula is C13H20O. The molecular weight excluding hydrogens is 172 g/mol. The molecule has 0 aromatic heterocycles. The third kappa shape index (κ3) is 1.92. The largest absolute Gasteiger partial charge is 0.299 e. The lowest BCUT2D eigenvalue weighted by Gasteiger charge is -2.32. The van der Waals surface area contributed by atoms with Gasteiger partial charge in [0.15, 0.2) is 0 Å². The van der Waals surface area contributed by atoms with Gasteiger partial charge in [-0.05, 0) is 38.5 Å². The number of ketones is 1. The number of rotatable bonds is 0. The van der Waals surface area contributed by atoms with Crippen molar-refractivity contribution in [2.24, 2.45) is 11.8 Å². The summed E-state index contributed by atoms with van der Waals surface area (Å²) in [6.07, 6.45) is 10.4. The first-order chi connectivity index (χ1) is 6.79. The normalized spacial score (nSPS) is 34.1. The van der Waals surface area contributed by atoms with Crippen LogP contribution in [0.5, 0.6) is 0 Å². The summed E-state index contributed by atoms with van der Waals surface area (Å²) < 4.78 is 0. The Morgan fingerprint density at radius 1 is 1.14 bits per heavy atom. The third-order valence-electron chi connectivity index (χ3n) is 3.87. The zero-order valence-electron chi connectivity index (χ0n) is 9.09. The summed E-state index contributed by atoms with van der Waals surface area (Å²) in [6, 6.07) is 0. The van der Waals surface area contributed by atoms with Crippen LogP contribution in [0, 0.1) is 11.8 Å². The maximum atomic E-state index is 11.9. The van der Waals surface area contributed by atoms with Crippen LogP contribution >= 0.6 is 0 Å². The van der Waals surface area contributed by atoms with Crippen LogP contribution in [-0.4, -0.2) is 5.78 Å². The van der Waals surface area contributed by atoms with Crippen LogP contribution < -0.4 is 0 Å². The molecule has 1 saturated carbocycles. The van der Waals surface area contributed by atoms with Gasteiger partial charge in [-0.25, -0.2) is 0 Å². The average molecular weight is 192 g/mol. The molecule has 2 aliphatic carbocycles. The number of carbonyl (C=O) groups excluding carboxylic acids is 1. The smallest absolute Gasteiger partial charge is 0.136 e. The van der Waals surface area contributed by atoms with E-state index in [9.17, 15) is 4.79 Å². The first-order valence-electron chi connectivity index (χ1n) is 5.98. The lowest BCUT2D eigenvalue weighted by atomic mass is 9.72. The van der Waals surface area contributed by atoms with Crippen molar-refractivity contribution in [1.29, 1.82) is 0 Å². The van der Waals surface area contributed by atoms with Gasteiger partial charge in [-0.3, -0.25) is 4.79 Å². The lowest BCUT2D eigenvalue weighted by Crippen LogP contribution is -2.28. The van der Waals surface area contributed by atoms with E-state index in [2.05, 4.69) is 13.0 Å². The molecule has 2 aliphatic rings. The van der Waals surface area contributed by atoms with Crippen LogP contribution in [0.15, 0.2) is 11.6 Å².